The quantitative estimate of drug-likeness (QED) is 0.174. The van der Waals surface area contributed by atoms with Crippen LogP contribution in [0.5, 0.6) is 0 Å². The number of para-hydroxylation sites is 4. The van der Waals surface area contributed by atoms with Gasteiger partial charge in [-0.2, -0.15) is 0 Å². The van der Waals surface area contributed by atoms with E-state index in [2.05, 4.69) is 230 Å². The molecule has 11 aromatic rings. The molecule has 4 nitrogen and oxygen atoms in total. The Morgan fingerprint density at radius 3 is 1.97 bits per heavy atom. The first kappa shape index (κ1) is 35.2. The maximum Gasteiger partial charge on any atom is 0.235 e. The van der Waals surface area contributed by atoms with Gasteiger partial charge in [-0.1, -0.05) is 172 Å². The zero-order chi connectivity index (χ0) is 40.7. The molecule has 0 unspecified atom stereocenters. The standard InChI is InChI=1S/C57H40N4/c1-57(2)47-28-12-14-30-50(47)60(42-22-7-4-8-23-42)51-33-32-40(36-48(51)57)39-20-15-21-41(35-39)44-26-16-27-46-53-43-24-10-9-17-37(43)31-34-52(53)61(55(44)46)56-58-49-29-13-11-25-45(49)54(59-56)38-18-5-3-6-19-38/h3-36H,1-2H3. The molecule has 0 N–H and O–H groups in total. The van der Waals surface area contributed by atoms with Gasteiger partial charge >= 0.3 is 0 Å². The van der Waals surface area contributed by atoms with Crippen LogP contribution >= 0.6 is 0 Å². The SMILES string of the molecule is CC1(C)c2ccccc2N(c2ccccc2)c2ccc(-c3cccc(-c4cccc5c6c7ccccc7ccc6n(-c6nc(-c7ccccc7)c7ccccc7n6)c45)c3)cc21. The van der Waals surface area contributed by atoms with E-state index in [1.165, 1.54) is 55.2 Å². The largest absolute Gasteiger partial charge is 0.310 e. The summed E-state index contributed by atoms with van der Waals surface area (Å²) in [5, 5.41) is 5.81. The fraction of sp³-hybridized carbons (Fsp3) is 0.0526. The Kier molecular flexibility index (Phi) is 7.85. The molecule has 9 aromatic carbocycles. The summed E-state index contributed by atoms with van der Waals surface area (Å²) in [5.41, 5.74) is 15.7. The maximum atomic E-state index is 5.44. The van der Waals surface area contributed by atoms with E-state index >= 15 is 0 Å². The van der Waals surface area contributed by atoms with Crippen LogP contribution in [0.1, 0.15) is 25.0 Å². The second kappa shape index (κ2) is 13.6. The number of rotatable bonds is 5. The second-order valence-electron chi connectivity index (χ2n) is 16.6. The Morgan fingerprint density at radius 2 is 1.10 bits per heavy atom. The molecule has 0 atom stereocenters. The summed E-state index contributed by atoms with van der Waals surface area (Å²) in [4.78, 5) is 13.2. The molecule has 288 valence electrons. The lowest BCUT2D eigenvalue weighted by Gasteiger charge is -2.42. The van der Waals surface area contributed by atoms with Gasteiger partial charge in [-0.05, 0) is 87.1 Å². The third-order valence-electron chi connectivity index (χ3n) is 12.8. The highest BCUT2D eigenvalue weighted by molar-refractivity contribution is 6.23. The molecule has 1 aliphatic rings. The van der Waals surface area contributed by atoms with E-state index in [0.29, 0.717) is 5.95 Å². The molecule has 1 aliphatic heterocycles. The Labute approximate surface area is 354 Å². The minimum Gasteiger partial charge on any atom is -0.310 e. The van der Waals surface area contributed by atoms with Gasteiger partial charge in [0.15, 0.2) is 0 Å². The van der Waals surface area contributed by atoms with Gasteiger partial charge in [0.1, 0.15) is 0 Å². The van der Waals surface area contributed by atoms with Gasteiger partial charge in [-0.3, -0.25) is 4.57 Å². The zero-order valence-corrected chi connectivity index (χ0v) is 33.9. The smallest absolute Gasteiger partial charge is 0.235 e. The minimum atomic E-state index is -0.210. The predicted molar refractivity (Wildman–Crippen MR) is 255 cm³/mol. The van der Waals surface area contributed by atoms with Gasteiger partial charge < -0.3 is 4.90 Å². The lowest BCUT2D eigenvalue weighted by atomic mass is 9.73. The summed E-state index contributed by atoms with van der Waals surface area (Å²) < 4.78 is 2.30. The van der Waals surface area contributed by atoms with Gasteiger partial charge in [-0.25, -0.2) is 9.97 Å². The summed E-state index contributed by atoms with van der Waals surface area (Å²) in [6.07, 6.45) is 0. The van der Waals surface area contributed by atoms with E-state index in [0.717, 1.165) is 50.0 Å². The van der Waals surface area contributed by atoms with Crippen molar-refractivity contribution in [1.29, 1.82) is 0 Å². The first-order valence-corrected chi connectivity index (χ1v) is 21.0. The lowest BCUT2D eigenvalue weighted by Crippen LogP contribution is -2.30. The van der Waals surface area contributed by atoms with E-state index in [9.17, 15) is 0 Å². The number of nitrogens with zero attached hydrogens (tertiary/aromatic N) is 4. The molecule has 0 bridgehead atoms. The highest BCUT2D eigenvalue weighted by Gasteiger charge is 2.37. The maximum absolute atomic E-state index is 5.44. The second-order valence-corrected chi connectivity index (χ2v) is 16.6. The van der Waals surface area contributed by atoms with Gasteiger partial charge in [0.2, 0.25) is 5.95 Å². The Balaban J connectivity index is 1.08. The first-order chi connectivity index (χ1) is 30.0. The number of benzene rings is 9. The average Bonchev–Trinajstić information content (AvgIpc) is 3.67. The molecule has 4 heteroatoms. The normalized spacial score (nSPS) is 13.2. The van der Waals surface area contributed by atoms with Crippen LogP contribution in [0.4, 0.5) is 17.1 Å². The topological polar surface area (TPSA) is 34.0 Å². The average molecular weight is 781 g/mol. The molecule has 12 rings (SSSR count). The Bertz CT molecular complexity index is 3510. The highest BCUT2D eigenvalue weighted by Crippen LogP contribution is 2.52. The van der Waals surface area contributed by atoms with Crippen LogP contribution in [0, 0.1) is 0 Å². The van der Waals surface area contributed by atoms with Crippen molar-refractivity contribution in [2.24, 2.45) is 0 Å². The number of hydrogen-bond donors (Lipinski definition) is 0. The summed E-state index contributed by atoms with van der Waals surface area (Å²) in [6, 6.07) is 74.3. The van der Waals surface area contributed by atoms with Crippen LogP contribution in [-0.2, 0) is 5.41 Å². The van der Waals surface area contributed by atoms with Crippen LogP contribution in [0.3, 0.4) is 0 Å². The van der Waals surface area contributed by atoms with Crippen LogP contribution < -0.4 is 4.90 Å². The third kappa shape index (κ3) is 5.46. The predicted octanol–water partition coefficient (Wildman–Crippen LogP) is 15.0. The molecule has 0 aliphatic carbocycles. The lowest BCUT2D eigenvalue weighted by molar-refractivity contribution is 0.632. The monoisotopic (exact) mass is 780 g/mol. The van der Waals surface area contributed by atoms with Crippen LogP contribution in [0.2, 0.25) is 0 Å². The fourth-order valence-corrected chi connectivity index (χ4v) is 9.86. The summed E-state index contributed by atoms with van der Waals surface area (Å²) in [5.74, 6) is 0.650. The molecule has 2 aromatic heterocycles. The van der Waals surface area contributed by atoms with Crippen molar-refractivity contribution in [2.75, 3.05) is 4.90 Å². The van der Waals surface area contributed by atoms with Crippen molar-refractivity contribution >= 4 is 60.5 Å². The molecule has 0 radical (unpaired) electrons. The van der Waals surface area contributed by atoms with E-state index < -0.39 is 0 Å². The van der Waals surface area contributed by atoms with Gasteiger partial charge in [0, 0.05) is 38.4 Å². The van der Waals surface area contributed by atoms with Crippen molar-refractivity contribution in [2.45, 2.75) is 19.3 Å². The Morgan fingerprint density at radius 1 is 0.443 bits per heavy atom. The molecule has 0 fully saturated rings. The summed E-state index contributed by atoms with van der Waals surface area (Å²) in [7, 11) is 0. The molecule has 0 saturated carbocycles. The van der Waals surface area contributed by atoms with Crippen LogP contribution in [0.15, 0.2) is 206 Å². The minimum absolute atomic E-state index is 0.210. The van der Waals surface area contributed by atoms with Crippen molar-refractivity contribution in [3.05, 3.63) is 217 Å². The van der Waals surface area contributed by atoms with E-state index in [-0.39, 0.29) is 5.41 Å². The van der Waals surface area contributed by atoms with E-state index in [1.807, 2.05) is 0 Å². The first-order valence-electron chi connectivity index (χ1n) is 21.0. The van der Waals surface area contributed by atoms with Crippen molar-refractivity contribution in [3.63, 3.8) is 0 Å². The van der Waals surface area contributed by atoms with Crippen molar-refractivity contribution in [1.82, 2.24) is 14.5 Å². The van der Waals surface area contributed by atoms with Gasteiger partial charge in [-0.15, -0.1) is 0 Å². The summed E-state index contributed by atoms with van der Waals surface area (Å²) in [6.45, 7) is 4.71. The zero-order valence-electron chi connectivity index (χ0n) is 33.9. The van der Waals surface area contributed by atoms with Gasteiger partial charge in [0.05, 0.1) is 33.6 Å². The highest BCUT2D eigenvalue weighted by atomic mass is 15.2. The van der Waals surface area contributed by atoms with Crippen LogP contribution in [0.25, 0.3) is 82.9 Å². The van der Waals surface area contributed by atoms with Crippen molar-refractivity contribution in [3.8, 4) is 39.5 Å². The number of fused-ring (bicyclic) bond motifs is 8. The third-order valence-corrected chi connectivity index (χ3v) is 12.8. The molecule has 3 heterocycles. The summed E-state index contributed by atoms with van der Waals surface area (Å²) >= 11 is 0. The number of hydrogen-bond acceptors (Lipinski definition) is 3. The van der Waals surface area contributed by atoms with E-state index in [1.54, 1.807) is 0 Å². The van der Waals surface area contributed by atoms with Gasteiger partial charge in [0.25, 0.3) is 0 Å². The fourth-order valence-electron chi connectivity index (χ4n) is 9.86. The number of aromatic nitrogens is 3. The number of anilines is 3. The molecule has 0 saturated heterocycles. The van der Waals surface area contributed by atoms with Crippen LogP contribution in [-0.4, -0.2) is 14.5 Å². The molecule has 0 amide bonds. The Hall–Kier alpha value is -7.82. The van der Waals surface area contributed by atoms with E-state index in [4.69, 9.17) is 9.97 Å². The molecule has 61 heavy (non-hydrogen) atoms. The molecule has 0 spiro atoms. The molecular formula is C57H40N4. The molecular weight excluding hydrogens is 741 g/mol. The van der Waals surface area contributed by atoms with Crippen molar-refractivity contribution < 1.29 is 0 Å².